The molecule has 0 saturated heterocycles. The highest BCUT2D eigenvalue weighted by molar-refractivity contribution is 5.87. The van der Waals surface area contributed by atoms with E-state index in [2.05, 4.69) is 4.74 Å². The van der Waals surface area contributed by atoms with Crippen LogP contribution in [-0.4, -0.2) is 30.4 Å². The fourth-order valence-corrected chi connectivity index (χ4v) is 0.851. The van der Waals surface area contributed by atoms with Crippen LogP contribution in [0.5, 0.6) is 0 Å². The van der Waals surface area contributed by atoms with Crippen molar-refractivity contribution in [1.29, 1.82) is 0 Å². The van der Waals surface area contributed by atoms with E-state index in [0.717, 1.165) is 0 Å². The molecule has 0 bridgehead atoms. The van der Waals surface area contributed by atoms with Gasteiger partial charge in [0, 0.05) is 0 Å². The molecule has 0 N–H and O–H groups in total. The van der Waals surface area contributed by atoms with Crippen molar-refractivity contribution < 1.29 is 31.1 Å². The second-order valence-electron chi connectivity index (χ2n) is 2.54. The van der Waals surface area contributed by atoms with Gasteiger partial charge in [0.2, 0.25) is 0 Å². The van der Waals surface area contributed by atoms with Crippen molar-refractivity contribution >= 4 is 5.90 Å². The molecule has 1 rings (SSSR count). The summed E-state index contributed by atoms with van der Waals surface area (Å²) in [5.41, 5.74) is 0. The Bertz CT molecular complexity index is 273. The van der Waals surface area contributed by atoms with Gasteiger partial charge in [0.05, 0.1) is 6.61 Å². The Morgan fingerprint density at radius 3 is 1.93 bits per heavy atom. The molecule has 1 aliphatic heterocycles. The highest BCUT2D eigenvalue weighted by atomic mass is 19.3. The summed E-state index contributed by atoms with van der Waals surface area (Å²) in [5, 5.41) is 0. The third-order valence-electron chi connectivity index (χ3n) is 1.56. The first kappa shape index (κ1) is 11.1. The average Bonchev–Trinajstić information content (AvgIpc) is 2.11. The van der Waals surface area contributed by atoms with Crippen molar-refractivity contribution in [3.8, 4) is 0 Å². The second kappa shape index (κ2) is 2.77. The molecule has 0 aromatic rings. The standard InChI is InChI=1S/C6H5F6NO/c1-2-14-3-4(7,8)5(9,10)6(11,12)13-3/h2H2,1H3. The molecule has 0 aliphatic carbocycles. The molecule has 1 aliphatic rings. The lowest BCUT2D eigenvalue weighted by Crippen LogP contribution is -2.50. The van der Waals surface area contributed by atoms with Gasteiger partial charge in [-0.25, -0.2) is 0 Å². The summed E-state index contributed by atoms with van der Waals surface area (Å²) in [6.07, 6.45) is 0. The molecule has 0 aromatic carbocycles. The minimum absolute atomic E-state index is 0.444. The van der Waals surface area contributed by atoms with Crippen molar-refractivity contribution in [1.82, 2.24) is 0 Å². The van der Waals surface area contributed by atoms with Gasteiger partial charge in [-0.15, -0.1) is 0 Å². The number of hydrogen-bond acceptors (Lipinski definition) is 2. The van der Waals surface area contributed by atoms with Crippen LogP contribution in [0.15, 0.2) is 4.99 Å². The van der Waals surface area contributed by atoms with Gasteiger partial charge in [-0.1, -0.05) is 0 Å². The first-order valence-corrected chi connectivity index (χ1v) is 3.53. The lowest BCUT2D eigenvalue weighted by molar-refractivity contribution is -0.268. The van der Waals surface area contributed by atoms with Gasteiger partial charge in [0.15, 0.2) is 0 Å². The van der Waals surface area contributed by atoms with Gasteiger partial charge >= 0.3 is 17.9 Å². The topological polar surface area (TPSA) is 21.6 Å². The second-order valence-corrected chi connectivity index (χ2v) is 2.54. The maximum atomic E-state index is 12.6. The summed E-state index contributed by atoms with van der Waals surface area (Å²) < 4.78 is 78.4. The first-order valence-electron chi connectivity index (χ1n) is 3.53. The molecule has 0 saturated carbocycles. The van der Waals surface area contributed by atoms with E-state index in [1.54, 1.807) is 0 Å². The predicted molar refractivity (Wildman–Crippen MR) is 33.9 cm³/mol. The van der Waals surface area contributed by atoms with E-state index in [1.165, 1.54) is 6.92 Å². The van der Waals surface area contributed by atoms with Gasteiger partial charge in [-0.3, -0.25) is 0 Å². The molecule has 0 atom stereocenters. The molecular weight excluding hydrogens is 216 g/mol. The monoisotopic (exact) mass is 221 g/mol. The molecule has 0 aromatic heterocycles. The van der Waals surface area contributed by atoms with E-state index in [9.17, 15) is 26.3 Å². The maximum absolute atomic E-state index is 12.6. The van der Waals surface area contributed by atoms with Crippen molar-refractivity contribution in [3.63, 3.8) is 0 Å². The number of ether oxygens (including phenoxy) is 1. The number of hydrogen-bond donors (Lipinski definition) is 0. The van der Waals surface area contributed by atoms with E-state index in [0.29, 0.717) is 0 Å². The zero-order valence-electron chi connectivity index (χ0n) is 6.83. The highest BCUT2D eigenvalue weighted by Crippen LogP contribution is 2.52. The maximum Gasteiger partial charge on any atom is 0.414 e. The molecule has 1 heterocycles. The van der Waals surface area contributed by atoms with E-state index < -0.39 is 30.4 Å². The normalized spacial score (nSPS) is 27.2. The summed E-state index contributed by atoms with van der Waals surface area (Å²) in [7, 11) is 0. The summed E-state index contributed by atoms with van der Waals surface area (Å²) >= 11 is 0. The van der Waals surface area contributed by atoms with Crippen LogP contribution in [0.1, 0.15) is 6.92 Å². The largest absolute Gasteiger partial charge is 0.477 e. The van der Waals surface area contributed by atoms with Crippen LogP contribution in [0, 0.1) is 0 Å². The minimum Gasteiger partial charge on any atom is -0.477 e. The van der Waals surface area contributed by atoms with Crippen LogP contribution in [0.4, 0.5) is 26.3 Å². The minimum atomic E-state index is -5.54. The molecule has 0 unspecified atom stereocenters. The van der Waals surface area contributed by atoms with Crippen LogP contribution >= 0.6 is 0 Å². The first-order chi connectivity index (χ1) is 6.17. The lowest BCUT2D eigenvalue weighted by atomic mass is 10.2. The van der Waals surface area contributed by atoms with Gasteiger partial charge < -0.3 is 4.74 Å². The molecular formula is C6H5F6NO. The fourth-order valence-electron chi connectivity index (χ4n) is 0.851. The summed E-state index contributed by atoms with van der Waals surface area (Å²) in [6, 6.07) is -5.12. The van der Waals surface area contributed by atoms with E-state index in [4.69, 9.17) is 0 Å². The molecule has 8 heteroatoms. The zero-order chi connectivity index (χ0) is 11.2. The van der Waals surface area contributed by atoms with Gasteiger partial charge in [0.1, 0.15) is 0 Å². The Labute approximate surface area is 74.6 Å². The SMILES string of the molecule is CCOC1=NC(F)(F)C(F)(F)C1(F)F. The van der Waals surface area contributed by atoms with Gasteiger partial charge in [-0.05, 0) is 6.92 Å². The van der Waals surface area contributed by atoms with Crippen molar-refractivity contribution in [2.24, 2.45) is 4.99 Å². The third kappa shape index (κ3) is 1.16. The Balaban J connectivity index is 3.12. The molecule has 0 spiro atoms. The Morgan fingerprint density at radius 2 is 1.64 bits per heavy atom. The number of aliphatic imine (C=N–C) groups is 1. The quantitative estimate of drug-likeness (QED) is 0.491. The van der Waals surface area contributed by atoms with Crippen molar-refractivity contribution in [2.75, 3.05) is 6.61 Å². The fraction of sp³-hybridized carbons (Fsp3) is 0.833. The molecule has 2 nitrogen and oxygen atoms in total. The zero-order valence-corrected chi connectivity index (χ0v) is 6.83. The van der Waals surface area contributed by atoms with E-state index >= 15 is 0 Å². The average molecular weight is 221 g/mol. The van der Waals surface area contributed by atoms with Crippen LogP contribution in [-0.2, 0) is 4.74 Å². The van der Waals surface area contributed by atoms with Crippen molar-refractivity contribution in [2.45, 2.75) is 24.8 Å². The van der Waals surface area contributed by atoms with Crippen LogP contribution < -0.4 is 0 Å². The summed E-state index contributed by atoms with van der Waals surface area (Å²) in [5.74, 6) is -12.5. The molecule has 0 radical (unpaired) electrons. The number of halogens is 6. The Morgan fingerprint density at radius 1 is 1.14 bits per heavy atom. The third-order valence-corrected chi connectivity index (χ3v) is 1.56. The number of rotatable bonds is 1. The van der Waals surface area contributed by atoms with Crippen LogP contribution in [0.25, 0.3) is 0 Å². The molecule has 82 valence electrons. The van der Waals surface area contributed by atoms with Crippen LogP contribution in [0.2, 0.25) is 0 Å². The van der Waals surface area contributed by atoms with Crippen molar-refractivity contribution in [3.05, 3.63) is 0 Å². The molecule has 14 heavy (non-hydrogen) atoms. The highest BCUT2D eigenvalue weighted by Gasteiger charge is 2.80. The van der Waals surface area contributed by atoms with E-state index in [1.807, 2.05) is 4.99 Å². The lowest BCUT2D eigenvalue weighted by Gasteiger charge is -2.21. The Kier molecular flexibility index (Phi) is 2.20. The van der Waals surface area contributed by atoms with Gasteiger partial charge in [0.25, 0.3) is 5.90 Å². The number of nitrogens with zero attached hydrogens (tertiary/aromatic N) is 1. The van der Waals surface area contributed by atoms with Crippen LogP contribution in [0.3, 0.4) is 0 Å². The predicted octanol–water partition coefficient (Wildman–Crippen LogP) is 2.30. The smallest absolute Gasteiger partial charge is 0.414 e. The van der Waals surface area contributed by atoms with Gasteiger partial charge in [-0.2, -0.15) is 31.3 Å². The molecule has 0 amide bonds. The molecule has 0 fully saturated rings. The Hall–Kier alpha value is -0.950. The summed E-state index contributed by atoms with van der Waals surface area (Å²) in [4.78, 5) is 1.88. The summed E-state index contributed by atoms with van der Waals surface area (Å²) in [6.45, 7) is 0.744. The number of alkyl halides is 6. The van der Waals surface area contributed by atoms with E-state index in [-0.39, 0.29) is 0 Å².